The monoisotopic (exact) mass is 256 g/mol. The first kappa shape index (κ1) is 13.5. The standard InChI is InChI=1S/C12H13ClO4/c1-16-10(14)7-6-8-4-3-5-9(13)11(8)12(15)17-2/h3-5H,6-7H2,1-2H3. The van der Waals surface area contributed by atoms with Gasteiger partial charge >= 0.3 is 11.9 Å². The van der Waals surface area contributed by atoms with Gasteiger partial charge in [-0.15, -0.1) is 0 Å². The summed E-state index contributed by atoms with van der Waals surface area (Å²) in [5.74, 6) is -0.837. The van der Waals surface area contributed by atoms with Gasteiger partial charge in [0.05, 0.1) is 24.8 Å². The SMILES string of the molecule is COC(=O)CCc1cccc(Cl)c1C(=O)OC. The number of hydrogen-bond acceptors (Lipinski definition) is 4. The molecule has 0 amide bonds. The average molecular weight is 257 g/mol. The summed E-state index contributed by atoms with van der Waals surface area (Å²) >= 11 is 5.94. The van der Waals surface area contributed by atoms with E-state index in [4.69, 9.17) is 11.6 Å². The molecule has 17 heavy (non-hydrogen) atoms. The summed E-state index contributed by atoms with van der Waals surface area (Å²) in [6.07, 6.45) is 0.582. The van der Waals surface area contributed by atoms with Gasteiger partial charge in [0.25, 0.3) is 0 Å². The Hall–Kier alpha value is -1.55. The highest BCUT2D eigenvalue weighted by atomic mass is 35.5. The van der Waals surface area contributed by atoms with Crippen molar-refractivity contribution in [2.45, 2.75) is 12.8 Å². The first-order valence-corrected chi connectivity index (χ1v) is 5.40. The van der Waals surface area contributed by atoms with E-state index in [0.717, 1.165) is 0 Å². The van der Waals surface area contributed by atoms with Crippen molar-refractivity contribution in [2.75, 3.05) is 14.2 Å². The third-order valence-electron chi connectivity index (χ3n) is 2.32. The summed E-state index contributed by atoms with van der Waals surface area (Å²) in [5.41, 5.74) is 0.982. The van der Waals surface area contributed by atoms with Crippen molar-refractivity contribution in [3.8, 4) is 0 Å². The van der Waals surface area contributed by atoms with Crippen molar-refractivity contribution >= 4 is 23.5 Å². The highest BCUT2D eigenvalue weighted by Crippen LogP contribution is 2.22. The number of rotatable bonds is 4. The van der Waals surface area contributed by atoms with Gasteiger partial charge in [-0.3, -0.25) is 4.79 Å². The molecule has 0 aliphatic rings. The molecule has 0 saturated carbocycles. The first-order chi connectivity index (χ1) is 8.10. The quantitative estimate of drug-likeness (QED) is 0.776. The van der Waals surface area contributed by atoms with Crippen LogP contribution in [-0.4, -0.2) is 26.2 Å². The molecule has 0 heterocycles. The van der Waals surface area contributed by atoms with E-state index in [0.29, 0.717) is 22.6 Å². The molecule has 0 bridgehead atoms. The van der Waals surface area contributed by atoms with Crippen molar-refractivity contribution in [1.29, 1.82) is 0 Å². The molecule has 0 radical (unpaired) electrons. The first-order valence-electron chi connectivity index (χ1n) is 5.02. The molecule has 92 valence electrons. The summed E-state index contributed by atoms with van der Waals surface area (Å²) in [6.45, 7) is 0. The number of hydrogen-bond donors (Lipinski definition) is 0. The summed E-state index contributed by atoms with van der Waals surface area (Å²) in [6, 6.07) is 5.07. The van der Waals surface area contributed by atoms with Gasteiger partial charge in [-0.25, -0.2) is 4.79 Å². The predicted octanol–water partition coefficient (Wildman–Crippen LogP) is 2.23. The van der Waals surface area contributed by atoms with Gasteiger partial charge in [0.15, 0.2) is 0 Å². The minimum absolute atomic E-state index is 0.195. The van der Waals surface area contributed by atoms with Crippen LogP contribution in [0.2, 0.25) is 5.02 Å². The summed E-state index contributed by atoms with van der Waals surface area (Å²) in [4.78, 5) is 22.6. The Morgan fingerprint density at radius 1 is 1.24 bits per heavy atom. The van der Waals surface area contributed by atoms with Gasteiger partial charge in [-0.1, -0.05) is 23.7 Å². The van der Waals surface area contributed by atoms with Gasteiger partial charge in [0, 0.05) is 6.42 Å². The van der Waals surface area contributed by atoms with Crippen LogP contribution in [0.5, 0.6) is 0 Å². The van der Waals surface area contributed by atoms with E-state index >= 15 is 0 Å². The molecule has 0 aliphatic carbocycles. The highest BCUT2D eigenvalue weighted by Gasteiger charge is 2.16. The maximum Gasteiger partial charge on any atom is 0.339 e. The van der Waals surface area contributed by atoms with E-state index in [1.54, 1.807) is 18.2 Å². The zero-order valence-corrected chi connectivity index (χ0v) is 10.4. The Balaban J connectivity index is 2.94. The number of methoxy groups -OCH3 is 2. The maximum atomic E-state index is 11.5. The van der Waals surface area contributed by atoms with Crippen molar-refractivity contribution < 1.29 is 19.1 Å². The van der Waals surface area contributed by atoms with Crippen LogP contribution < -0.4 is 0 Å². The molecule has 5 heteroatoms. The van der Waals surface area contributed by atoms with E-state index in [-0.39, 0.29) is 12.4 Å². The summed E-state index contributed by atoms with van der Waals surface area (Å²) in [5, 5.41) is 0.319. The van der Waals surface area contributed by atoms with E-state index in [1.165, 1.54) is 14.2 Å². The molecule has 1 aromatic carbocycles. The molecule has 0 saturated heterocycles. The Morgan fingerprint density at radius 2 is 1.94 bits per heavy atom. The number of carbonyl (C=O) groups is 2. The number of benzene rings is 1. The Kier molecular flexibility index (Phi) is 4.97. The molecule has 0 atom stereocenters. The number of ether oxygens (including phenoxy) is 2. The lowest BCUT2D eigenvalue weighted by molar-refractivity contribution is -0.140. The second-order valence-electron chi connectivity index (χ2n) is 3.34. The van der Waals surface area contributed by atoms with E-state index in [9.17, 15) is 9.59 Å². The Morgan fingerprint density at radius 3 is 2.53 bits per heavy atom. The zero-order chi connectivity index (χ0) is 12.8. The van der Waals surface area contributed by atoms with Crippen molar-refractivity contribution in [2.24, 2.45) is 0 Å². The number of aryl methyl sites for hydroxylation is 1. The Bertz CT molecular complexity index is 429. The number of carbonyl (C=O) groups excluding carboxylic acids is 2. The smallest absolute Gasteiger partial charge is 0.339 e. The van der Waals surface area contributed by atoms with Gasteiger partial charge in [-0.05, 0) is 18.1 Å². The lowest BCUT2D eigenvalue weighted by Gasteiger charge is -2.08. The normalized spacial score (nSPS) is 9.82. The van der Waals surface area contributed by atoms with Crippen molar-refractivity contribution in [3.05, 3.63) is 34.3 Å². The molecule has 0 aromatic heterocycles. The van der Waals surface area contributed by atoms with Crippen LogP contribution in [0.15, 0.2) is 18.2 Å². The molecule has 1 rings (SSSR count). The Labute approximate surface area is 104 Å². The van der Waals surface area contributed by atoms with Crippen LogP contribution >= 0.6 is 11.6 Å². The topological polar surface area (TPSA) is 52.6 Å². The fraction of sp³-hybridized carbons (Fsp3) is 0.333. The summed E-state index contributed by atoms with van der Waals surface area (Å²) in [7, 11) is 2.61. The van der Waals surface area contributed by atoms with Crippen molar-refractivity contribution in [1.82, 2.24) is 0 Å². The lowest BCUT2D eigenvalue weighted by Crippen LogP contribution is -2.09. The largest absolute Gasteiger partial charge is 0.469 e. The van der Waals surface area contributed by atoms with Gasteiger partial charge < -0.3 is 9.47 Å². The molecule has 4 nitrogen and oxygen atoms in total. The van der Waals surface area contributed by atoms with E-state index < -0.39 is 5.97 Å². The lowest BCUT2D eigenvalue weighted by atomic mass is 10.0. The number of halogens is 1. The summed E-state index contributed by atoms with van der Waals surface area (Å²) < 4.78 is 9.19. The van der Waals surface area contributed by atoms with Crippen LogP contribution in [0.25, 0.3) is 0 Å². The van der Waals surface area contributed by atoms with Gasteiger partial charge in [-0.2, -0.15) is 0 Å². The molecular weight excluding hydrogens is 244 g/mol. The minimum Gasteiger partial charge on any atom is -0.469 e. The third kappa shape index (κ3) is 3.46. The highest BCUT2D eigenvalue weighted by molar-refractivity contribution is 6.33. The van der Waals surface area contributed by atoms with Crippen LogP contribution in [0.1, 0.15) is 22.3 Å². The van der Waals surface area contributed by atoms with Gasteiger partial charge in [0.2, 0.25) is 0 Å². The molecule has 0 spiro atoms. The van der Waals surface area contributed by atoms with Crippen molar-refractivity contribution in [3.63, 3.8) is 0 Å². The molecule has 0 unspecified atom stereocenters. The molecule has 0 N–H and O–H groups in total. The number of esters is 2. The molecule has 1 aromatic rings. The minimum atomic E-state index is -0.504. The van der Waals surface area contributed by atoms with Crippen LogP contribution in [0.3, 0.4) is 0 Å². The van der Waals surface area contributed by atoms with Gasteiger partial charge in [0.1, 0.15) is 0 Å². The average Bonchev–Trinajstić information content (AvgIpc) is 2.35. The maximum absolute atomic E-state index is 11.5. The van der Waals surface area contributed by atoms with E-state index in [2.05, 4.69) is 9.47 Å². The fourth-order valence-corrected chi connectivity index (χ4v) is 1.72. The molecule has 0 aliphatic heterocycles. The van der Waals surface area contributed by atoms with E-state index in [1.807, 2.05) is 0 Å². The molecule has 0 fully saturated rings. The third-order valence-corrected chi connectivity index (χ3v) is 2.63. The van der Waals surface area contributed by atoms with Crippen LogP contribution in [0.4, 0.5) is 0 Å². The zero-order valence-electron chi connectivity index (χ0n) is 9.66. The van der Waals surface area contributed by atoms with Crippen LogP contribution in [-0.2, 0) is 20.7 Å². The molecular formula is C12H13ClO4. The second kappa shape index (κ2) is 6.25. The predicted molar refractivity (Wildman–Crippen MR) is 63.1 cm³/mol. The van der Waals surface area contributed by atoms with Crippen LogP contribution in [0, 0.1) is 0 Å². The fourth-order valence-electron chi connectivity index (χ4n) is 1.45. The second-order valence-corrected chi connectivity index (χ2v) is 3.75.